The molecule has 26 heavy (non-hydrogen) atoms. The number of hydrogen-bond donors (Lipinski definition) is 1. The van der Waals surface area contributed by atoms with E-state index in [1.807, 2.05) is 18.2 Å². The van der Waals surface area contributed by atoms with Crippen LogP contribution in [0.4, 0.5) is 11.4 Å². The summed E-state index contributed by atoms with van der Waals surface area (Å²) in [4.78, 5) is 4.74. The lowest BCUT2D eigenvalue weighted by Gasteiger charge is -2.33. The zero-order valence-corrected chi connectivity index (χ0v) is 15.3. The first-order valence-electron chi connectivity index (χ1n) is 9.08. The second-order valence-corrected chi connectivity index (χ2v) is 6.99. The molecule has 1 heterocycles. The highest BCUT2D eigenvalue weighted by atomic mass is 16.3. The van der Waals surface area contributed by atoms with Gasteiger partial charge < -0.3 is 14.9 Å². The molecular formula is C23H24N2O. The van der Waals surface area contributed by atoms with Crippen LogP contribution in [-0.2, 0) is 0 Å². The van der Waals surface area contributed by atoms with E-state index in [-0.39, 0.29) is 6.17 Å². The van der Waals surface area contributed by atoms with Crippen molar-refractivity contribution in [3.05, 3.63) is 89.5 Å². The van der Waals surface area contributed by atoms with Gasteiger partial charge in [-0.1, -0.05) is 53.6 Å². The van der Waals surface area contributed by atoms with Crippen LogP contribution in [0, 0.1) is 13.8 Å². The molecule has 4 rings (SSSR count). The predicted octanol–water partition coefficient (Wildman–Crippen LogP) is 5.03. The molecule has 1 N–H and O–H groups in total. The van der Waals surface area contributed by atoms with E-state index >= 15 is 0 Å². The van der Waals surface area contributed by atoms with Gasteiger partial charge in [0.05, 0.1) is 0 Å². The summed E-state index contributed by atoms with van der Waals surface area (Å²) in [5, 5.41) is 10.5. The van der Waals surface area contributed by atoms with Gasteiger partial charge in [-0.2, -0.15) is 0 Å². The number of hydrogen-bond acceptors (Lipinski definition) is 3. The van der Waals surface area contributed by atoms with Gasteiger partial charge in [0.25, 0.3) is 0 Å². The van der Waals surface area contributed by atoms with E-state index in [9.17, 15) is 5.11 Å². The molecule has 3 aromatic rings. The van der Waals surface area contributed by atoms with E-state index < -0.39 is 0 Å². The zero-order chi connectivity index (χ0) is 18.1. The van der Waals surface area contributed by atoms with Gasteiger partial charge in [0.15, 0.2) is 0 Å². The molecule has 1 fully saturated rings. The summed E-state index contributed by atoms with van der Waals surface area (Å²) in [6.45, 7) is 6.03. The highest BCUT2D eigenvalue weighted by Crippen LogP contribution is 2.40. The van der Waals surface area contributed by atoms with Crippen LogP contribution < -0.4 is 9.80 Å². The van der Waals surface area contributed by atoms with Crippen molar-refractivity contribution in [2.45, 2.75) is 20.0 Å². The zero-order valence-electron chi connectivity index (χ0n) is 15.3. The van der Waals surface area contributed by atoms with Crippen molar-refractivity contribution in [1.29, 1.82) is 0 Å². The second-order valence-electron chi connectivity index (χ2n) is 6.99. The van der Waals surface area contributed by atoms with E-state index in [2.05, 4.69) is 72.2 Å². The highest BCUT2D eigenvalue weighted by molar-refractivity contribution is 5.61. The van der Waals surface area contributed by atoms with Gasteiger partial charge in [-0.05, 0) is 44.2 Å². The van der Waals surface area contributed by atoms with Crippen LogP contribution >= 0.6 is 0 Å². The number of phenolic OH excluding ortho intramolecular Hbond substituents is 1. The SMILES string of the molecule is Cc1ccc(N2CCN(c3ccc(C)cc3)C2c2ccccc2O)cc1. The van der Waals surface area contributed by atoms with Crippen LogP contribution in [0.15, 0.2) is 72.8 Å². The molecule has 3 aromatic carbocycles. The van der Waals surface area contributed by atoms with Gasteiger partial charge in [0.2, 0.25) is 0 Å². The van der Waals surface area contributed by atoms with Crippen LogP contribution in [0.2, 0.25) is 0 Å². The van der Waals surface area contributed by atoms with Crippen LogP contribution in [-0.4, -0.2) is 18.2 Å². The van der Waals surface area contributed by atoms with Crippen molar-refractivity contribution in [2.75, 3.05) is 22.9 Å². The maximum absolute atomic E-state index is 10.5. The Bertz CT molecular complexity index is 833. The quantitative estimate of drug-likeness (QED) is 0.721. The van der Waals surface area contributed by atoms with Crippen molar-refractivity contribution >= 4 is 11.4 Å². The summed E-state index contributed by atoms with van der Waals surface area (Å²) in [6, 6.07) is 24.9. The Hall–Kier alpha value is -2.94. The molecule has 0 aliphatic carbocycles. The van der Waals surface area contributed by atoms with Crippen LogP contribution in [0.1, 0.15) is 22.9 Å². The minimum atomic E-state index is -0.0263. The number of nitrogens with zero attached hydrogens (tertiary/aromatic N) is 2. The van der Waals surface area contributed by atoms with Crippen molar-refractivity contribution in [3.63, 3.8) is 0 Å². The molecule has 1 saturated heterocycles. The molecule has 0 unspecified atom stereocenters. The third-order valence-corrected chi connectivity index (χ3v) is 5.12. The smallest absolute Gasteiger partial charge is 0.132 e. The monoisotopic (exact) mass is 344 g/mol. The van der Waals surface area contributed by atoms with Gasteiger partial charge in [0.1, 0.15) is 11.9 Å². The molecule has 3 nitrogen and oxygen atoms in total. The summed E-state index contributed by atoms with van der Waals surface area (Å²) in [5.74, 6) is 0.341. The first-order valence-corrected chi connectivity index (χ1v) is 9.08. The van der Waals surface area contributed by atoms with Crippen molar-refractivity contribution in [2.24, 2.45) is 0 Å². The van der Waals surface area contributed by atoms with Gasteiger partial charge in [-0.15, -0.1) is 0 Å². The molecule has 132 valence electrons. The molecule has 0 atom stereocenters. The van der Waals surface area contributed by atoms with Gasteiger partial charge in [0, 0.05) is 30.0 Å². The summed E-state index contributed by atoms with van der Waals surface area (Å²) >= 11 is 0. The first kappa shape index (κ1) is 16.5. The van der Waals surface area contributed by atoms with Gasteiger partial charge >= 0.3 is 0 Å². The Morgan fingerprint density at radius 3 is 1.62 bits per heavy atom. The first-order chi connectivity index (χ1) is 12.6. The Kier molecular flexibility index (Phi) is 4.29. The average molecular weight is 344 g/mol. The predicted molar refractivity (Wildman–Crippen MR) is 108 cm³/mol. The van der Waals surface area contributed by atoms with Crippen LogP contribution in [0.3, 0.4) is 0 Å². The summed E-state index contributed by atoms with van der Waals surface area (Å²) in [6.07, 6.45) is -0.0263. The molecule has 0 radical (unpaired) electrons. The molecule has 0 saturated carbocycles. The molecular weight excluding hydrogens is 320 g/mol. The summed E-state index contributed by atoms with van der Waals surface area (Å²) in [7, 11) is 0. The summed E-state index contributed by atoms with van der Waals surface area (Å²) < 4.78 is 0. The lowest BCUT2D eigenvalue weighted by molar-refractivity contribution is 0.461. The van der Waals surface area contributed by atoms with Crippen LogP contribution in [0.25, 0.3) is 0 Å². The Balaban J connectivity index is 1.78. The van der Waals surface area contributed by atoms with Crippen molar-refractivity contribution in [3.8, 4) is 5.75 Å². The maximum atomic E-state index is 10.5. The number of aromatic hydroxyl groups is 1. The van der Waals surface area contributed by atoms with E-state index in [4.69, 9.17) is 0 Å². The lowest BCUT2D eigenvalue weighted by Crippen LogP contribution is -2.31. The maximum Gasteiger partial charge on any atom is 0.132 e. The molecule has 0 bridgehead atoms. The largest absolute Gasteiger partial charge is 0.508 e. The number of aryl methyl sites for hydroxylation is 2. The third-order valence-electron chi connectivity index (χ3n) is 5.12. The van der Waals surface area contributed by atoms with E-state index in [0.717, 1.165) is 18.7 Å². The molecule has 1 aliphatic heterocycles. The minimum Gasteiger partial charge on any atom is -0.508 e. The van der Waals surface area contributed by atoms with Crippen molar-refractivity contribution < 1.29 is 5.11 Å². The van der Waals surface area contributed by atoms with Gasteiger partial charge in [-0.3, -0.25) is 0 Å². The number of para-hydroxylation sites is 1. The molecule has 0 amide bonds. The number of benzene rings is 3. The number of phenols is 1. The minimum absolute atomic E-state index is 0.0263. The Labute approximate surface area is 155 Å². The lowest BCUT2D eigenvalue weighted by atomic mass is 10.1. The fourth-order valence-corrected chi connectivity index (χ4v) is 3.68. The standard InChI is InChI=1S/C23H24N2O/c1-17-7-11-19(12-8-17)24-15-16-25(20-13-9-18(2)10-14-20)23(24)21-5-3-4-6-22(21)26/h3-14,23,26H,15-16H2,1-2H3. The average Bonchev–Trinajstić information content (AvgIpc) is 3.08. The van der Waals surface area contributed by atoms with E-state index in [1.165, 1.54) is 22.5 Å². The fraction of sp³-hybridized carbons (Fsp3) is 0.217. The molecule has 0 spiro atoms. The van der Waals surface area contributed by atoms with E-state index in [1.54, 1.807) is 6.07 Å². The highest BCUT2D eigenvalue weighted by Gasteiger charge is 2.35. The summed E-state index contributed by atoms with van der Waals surface area (Å²) in [5.41, 5.74) is 5.80. The van der Waals surface area contributed by atoms with E-state index in [0.29, 0.717) is 5.75 Å². The number of anilines is 2. The Morgan fingerprint density at radius 1 is 0.692 bits per heavy atom. The molecule has 0 aromatic heterocycles. The third kappa shape index (κ3) is 3.01. The topological polar surface area (TPSA) is 26.7 Å². The van der Waals surface area contributed by atoms with Gasteiger partial charge in [-0.25, -0.2) is 0 Å². The normalized spacial score (nSPS) is 14.8. The number of rotatable bonds is 3. The fourth-order valence-electron chi connectivity index (χ4n) is 3.68. The van der Waals surface area contributed by atoms with Crippen molar-refractivity contribution in [1.82, 2.24) is 0 Å². The Morgan fingerprint density at radius 2 is 1.15 bits per heavy atom. The second kappa shape index (κ2) is 6.75. The molecule has 3 heteroatoms. The molecule has 1 aliphatic rings. The van der Waals surface area contributed by atoms with Crippen LogP contribution in [0.5, 0.6) is 5.75 Å².